The first kappa shape index (κ1) is 24.8. The summed E-state index contributed by atoms with van der Waals surface area (Å²) in [6, 6.07) is 19.9. The van der Waals surface area contributed by atoms with E-state index in [2.05, 4.69) is 28.1 Å². The summed E-state index contributed by atoms with van der Waals surface area (Å²) < 4.78 is 13.6. The van der Waals surface area contributed by atoms with E-state index in [1.807, 2.05) is 47.8 Å². The first-order chi connectivity index (χ1) is 17.3. The molecule has 0 saturated carbocycles. The number of methoxy groups -OCH3 is 1. The van der Waals surface area contributed by atoms with Gasteiger partial charge in [0, 0.05) is 19.5 Å². The van der Waals surface area contributed by atoms with Crippen molar-refractivity contribution in [2.45, 2.75) is 45.1 Å². The third-order valence-corrected chi connectivity index (χ3v) is 6.81. The number of fused-ring (bicyclic) bond motifs is 1. The van der Waals surface area contributed by atoms with Crippen molar-refractivity contribution in [3.8, 4) is 11.5 Å². The van der Waals surface area contributed by atoms with Crippen LogP contribution in [0.5, 0.6) is 11.5 Å². The van der Waals surface area contributed by atoms with Gasteiger partial charge in [0.1, 0.15) is 5.82 Å². The molecule has 35 heavy (non-hydrogen) atoms. The number of benzene rings is 2. The van der Waals surface area contributed by atoms with Gasteiger partial charge >= 0.3 is 0 Å². The summed E-state index contributed by atoms with van der Waals surface area (Å²) in [5.74, 6) is 2.72. The van der Waals surface area contributed by atoms with Crippen molar-refractivity contribution in [3.05, 3.63) is 76.7 Å². The molecule has 0 bridgehead atoms. The highest BCUT2D eigenvalue weighted by Crippen LogP contribution is 2.26. The minimum atomic E-state index is 0.0245. The van der Waals surface area contributed by atoms with Crippen LogP contribution in [0, 0.1) is 0 Å². The number of aromatic nitrogens is 2. The van der Waals surface area contributed by atoms with Gasteiger partial charge in [0.2, 0.25) is 0 Å². The van der Waals surface area contributed by atoms with Gasteiger partial charge in [0.25, 0.3) is 5.91 Å². The van der Waals surface area contributed by atoms with Crippen LogP contribution in [0.3, 0.4) is 0 Å². The number of hydrogen-bond acceptors (Lipinski definition) is 5. The molecule has 0 aliphatic carbocycles. The predicted molar refractivity (Wildman–Crippen MR) is 142 cm³/mol. The smallest absolute Gasteiger partial charge is 0.261 e. The Hall–Kier alpha value is -3.32. The zero-order valence-electron chi connectivity index (χ0n) is 20.2. The Morgan fingerprint density at radius 1 is 0.943 bits per heavy atom. The van der Waals surface area contributed by atoms with E-state index in [0.717, 1.165) is 72.8 Å². The van der Waals surface area contributed by atoms with Crippen LogP contribution in [0.1, 0.15) is 47.6 Å². The maximum atomic E-state index is 12.0. The second kappa shape index (κ2) is 13.0. The molecule has 184 valence electrons. The van der Waals surface area contributed by atoms with Gasteiger partial charge in [-0.3, -0.25) is 4.79 Å². The second-order valence-corrected chi connectivity index (χ2v) is 9.37. The second-order valence-electron chi connectivity index (χ2n) is 8.42. The summed E-state index contributed by atoms with van der Waals surface area (Å²) in [4.78, 5) is 17.7. The number of carbonyl (C=O) groups is 1. The van der Waals surface area contributed by atoms with Crippen LogP contribution < -0.4 is 14.8 Å². The molecule has 0 fully saturated rings. The fourth-order valence-electron chi connectivity index (χ4n) is 4.14. The van der Waals surface area contributed by atoms with Gasteiger partial charge < -0.3 is 19.4 Å². The van der Waals surface area contributed by atoms with E-state index in [9.17, 15) is 4.79 Å². The van der Waals surface area contributed by atoms with Gasteiger partial charge in [-0.1, -0.05) is 36.8 Å². The predicted octanol–water partition coefficient (Wildman–Crippen LogP) is 6.11. The molecule has 7 heteroatoms. The minimum absolute atomic E-state index is 0.0245. The third kappa shape index (κ3) is 6.85. The van der Waals surface area contributed by atoms with Crippen molar-refractivity contribution in [1.82, 2.24) is 14.9 Å². The van der Waals surface area contributed by atoms with Crippen molar-refractivity contribution in [3.63, 3.8) is 0 Å². The summed E-state index contributed by atoms with van der Waals surface area (Å²) in [5, 5.41) is 4.93. The zero-order valence-corrected chi connectivity index (χ0v) is 21.1. The SMILES string of the molecule is COc1ccccc1OCCCCn1c(CCCCCNC(=O)c2cccs2)nc2ccccc21. The number of imidazole rings is 1. The summed E-state index contributed by atoms with van der Waals surface area (Å²) in [6.45, 7) is 2.28. The molecular formula is C28H33N3O3S. The molecule has 2 aromatic heterocycles. The lowest BCUT2D eigenvalue weighted by Crippen LogP contribution is -2.23. The van der Waals surface area contributed by atoms with E-state index in [-0.39, 0.29) is 5.91 Å². The minimum Gasteiger partial charge on any atom is -0.493 e. The van der Waals surface area contributed by atoms with Gasteiger partial charge in [-0.15, -0.1) is 11.3 Å². The van der Waals surface area contributed by atoms with Crippen LogP contribution >= 0.6 is 11.3 Å². The molecule has 0 aliphatic rings. The Labute approximate surface area is 210 Å². The van der Waals surface area contributed by atoms with Gasteiger partial charge in [0.15, 0.2) is 11.5 Å². The summed E-state index contributed by atoms with van der Waals surface area (Å²) in [7, 11) is 1.66. The fourth-order valence-corrected chi connectivity index (χ4v) is 4.78. The number of nitrogens with one attached hydrogen (secondary N) is 1. The molecular weight excluding hydrogens is 458 g/mol. The number of rotatable bonds is 14. The Bertz CT molecular complexity index is 1200. The van der Waals surface area contributed by atoms with E-state index >= 15 is 0 Å². The lowest BCUT2D eigenvalue weighted by atomic mass is 10.2. The number of nitrogens with zero attached hydrogens (tertiary/aromatic N) is 2. The Kier molecular flexibility index (Phi) is 9.17. The summed E-state index contributed by atoms with van der Waals surface area (Å²) >= 11 is 1.47. The maximum Gasteiger partial charge on any atom is 0.261 e. The van der Waals surface area contributed by atoms with E-state index in [4.69, 9.17) is 14.5 Å². The standard InChI is InChI=1S/C28H33N3O3S/c1-33-24-14-6-7-15-25(24)34-20-10-9-19-31-23-13-5-4-12-22(23)30-27(31)17-3-2-8-18-29-28(32)26-16-11-21-35-26/h4-7,11-16,21H,2-3,8-10,17-20H2,1H3,(H,29,32). The van der Waals surface area contributed by atoms with Gasteiger partial charge in [-0.05, 0) is 61.4 Å². The van der Waals surface area contributed by atoms with Crippen LogP contribution in [-0.2, 0) is 13.0 Å². The number of thiophene rings is 1. The fraction of sp³-hybridized carbons (Fsp3) is 0.357. The van der Waals surface area contributed by atoms with Crippen molar-refractivity contribution in [2.75, 3.05) is 20.3 Å². The average Bonchev–Trinajstić information content (AvgIpc) is 3.55. The lowest BCUT2D eigenvalue weighted by Gasteiger charge is -2.12. The van der Waals surface area contributed by atoms with Crippen LogP contribution in [0.2, 0.25) is 0 Å². The van der Waals surface area contributed by atoms with E-state index in [1.165, 1.54) is 16.9 Å². The summed E-state index contributed by atoms with van der Waals surface area (Å²) in [6.07, 6.45) is 5.98. The van der Waals surface area contributed by atoms with Gasteiger partial charge in [-0.2, -0.15) is 0 Å². The van der Waals surface area contributed by atoms with Crippen LogP contribution in [-0.4, -0.2) is 35.7 Å². The normalized spacial score (nSPS) is 11.0. The van der Waals surface area contributed by atoms with Crippen LogP contribution in [0.4, 0.5) is 0 Å². The van der Waals surface area contributed by atoms with Crippen molar-refractivity contribution in [1.29, 1.82) is 0 Å². The highest BCUT2D eigenvalue weighted by atomic mass is 32.1. The Morgan fingerprint density at radius 2 is 1.77 bits per heavy atom. The highest BCUT2D eigenvalue weighted by Gasteiger charge is 2.11. The lowest BCUT2D eigenvalue weighted by molar-refractivity contribution is 0.0957. The van der Waals surface area contributed by atoms with E-state index < -0.39 is 0 Å². The Morgan fingerprint density at radius 3 is 2.60 bits per heavy atom. The highest BCUT2D eigenvalue weighted by molar-refractivity contribution is 7.12. The number of ether oxygens (including phenoxy) is 2. The molecule has 4 aromatic rings. The quantitative estimate of drug-likeness (QED) is 0.216. The topological polar surface area (TPSA) is 65.4 Å². The molecule has 0 radical (unpaired) electrons. The number of unbranched alkanes of at least 4 members (excludes halogenated alkanes) is 3. The number of amides is 1. The third-order valence-electron chi connectivity index (χ3n) is 5.94. The van der Waals surface area contributed by atoms with Crippen molar-refractivity contribution < 1.29 is 14.3 Å². The Balaban J connectivity index is 1.23. The average molecular weight is 492 g/mol. The van der Waals surface area contributed by atoms with E-state index in [0.29, 0.717) is 13.2 Å². The molecule has 2 heterocycles. The largest absolute Gasteiger partial charge is 0.493 e. The van der Waals surface area contributed by atoms with Crippen molar-refractivity contribution >= 4 is 28.3 Å². The van der Waals surface area contributed by atoms with E-state index in [1.54, 1.807) is 7.11 Å². The molecule has 0 saturated heterocycles. The molecule has 0 spiro atoms. The van der Waals surface area contributed by atoms with Gasteiger partial charge in [0.05, 0.1) is 29.6 Å². The van der Waals surface area contributed by atoms with Gasteiger partial charge in [-0.25, -0.2) is 4.98 Å². The maximum absolute atomic E-state index is 12.0. The number of carbonyl (C=O) groups excluding carboxylic acids is 1. The molecule has 1 N–H and O–H groups in total. The number of aryl methyl sites for hydroxylation is 2. The molecule has 1 amide bonds. The molecule has 2 aromatic carbocycles. The number of para-hydroxylation sites is 4. The molecule has 0 unspecified atom stereocenters. The van der Waals surface area contributed by atoms with Crippen LogP contribution in [0.15, 0.2) is 66.0 Å². The first-order valence-corrected chi connectivity index (χ1v) is 13.2. The zero-order chi connectivity index (χ0) is 24.3. The molecule has 0 atom stereocenters. The van der Waals surface area contributed by atoms with Crippen LogP contribution in [0.25, 0.3) is 11.0 Å². The molecule has 0 aliphatic heterocycles. The summed E-state index contributed by atoms with van der Waals surface area (Å²) in [5.41, 5.74) is 2.24. The molecule has 6 nitrogen and oxygen atoms in total. The molecule has 4 rings (SSSR count). The number of hydrogen-bond donors (Lipinski definition) is 1. The first-order valence-electron chi connectivity index (χ1n) is 12.3. The van der Waals surface area contributed by atoms with Crippen molar-refractivity contribution in [2.24, 2.45) is 0 Å². The monoisotopic (exact) mass is 491 g/mol.